The van der Waals surface area contributed by atoms with Gasteiger partial charge in [0.1, 0.15) is 0 Å². The first-order valence-corrected chi connectivity index (χ1v) is 9.21. The minimum atomic E-state index is 0.525. The Morgan fingerprint density at radius 1 is 1.19 bits per heavy atom. The second-order valence-corrected chi connectivity index (χ2v) is 7.52. The smallest absolute Gasteiger partial charge is 0.0506 e. The highest BCUT2D eigenvalue weighted by atomic mass is 16.5. The molecular formula is C18H36N2O. The van der Waals surface area contributed by atoms with Crippen molar-refractivity contribution in [3.05, 3.63) is 0 Å². The van der Waals surface area contributed by atoms with E-state index in [1.54, 1.807) is 0 Å². The second kappa shape index (κ2) is 9.12. The van der Waals surface area contributed by atoms with Crippen LogP contribution in [-0.4, -0.2) is 51.3 Å². The minimum Gasteiger partial charge on any atom is -0.381 e. The standard InChI is InChI=1S/C18H36N2O/c1-3-11-19-15-18(9-5-4-6-10-18)16-20(2)13-17-8-7-12-21-14-17/h17,19H,3-16H2,1-2H3. The van der Waals surface area contributed by atoms with Crippen LogP contribution in [0.3, 0.4) is 0 Å². The lowest BCUT2D eigenvalue weighted by molar-refractivity contribution is 0.0313. The van der Waals surface area contributed by atoms with Crippen LogP contribution in [0.25, 0.3) is 0 Å². The predicted octanol–water partition coefficient (Wildman–Crippen LogP) is 3.29. The third-order valence-electron chi connectivity index (χ3n) is 5.27. The van der Waals surface area contributed by atoms with Gasteiger partial charge in [-0.2, -0.15) is 0 Å². The second-order valence-electron chi connectivity index (χ2n) is 7.52. The summed E-state index contributed by atoms with van der Waals surface area (Å²) in [4.78, 5) is 2.60. The van der Waals surface area contributed by atoms with E-state index in [1.807, 2.05) is 0 Å². The maximum Gasteiger partial charge on any atom is 0.0506 e. The van der Waals surface area contributed by atoms with Gasteiger partial charge in [-0.25, -0.2) is 0 Å². The molecule has 21 heavy (non-hydrogen) atoms. The van der Waals surface area contributed by atoms with Gasteiger partial charge >= 0.3 is 0 Å². The molecule has 0 aromatic rings. The molecule has 1 heterocycles. The van der Waals surface area contributed by atoms with Gasteiger partial charge in [-0.1, -0.05) is 26.2 Å². The summed E-state index contributed by atoms with van der Waals surface area (Å²) < 4.78 is 5.64. The molecule has 0 radical (unpaired) electrons. The molecule has 1 atom stereocenters. The molecule has 0 spiro atoms. The molecule has 3 heteroatoms. The number of nitrogens with one attached hydrogen (secondary N) is 1. The van der Waals surface area contributed by atoms with E-state index in [-0.39, 0.29) is 0 Å². The summed E-state index contributed by atoms with van der Waals surface area (Å²) in [6, 6.07) is 0. The molecule has 1 N–H and O–H groups in total. The molecule has 1 aliphatic carbocycles. The highest BCUT2D eigenvalue weighted by Crippen LogP contribution is 2.36. The number of rotatable bonds is 8. The van der Waals surface area contributed by atoms with Gasteiger partial charge in [-0.05, 0) is 57.0 Å². The summed E-state index contributed by atoms with van der Waals surface area (Å²) in [5, 5.41) is 3.70. The number of hydrogen-bond donors (Lipinski definition) is 1. The molecule has 3 nitrogen and oxygen atoms in total. The van der Waals surface area contributed by atoms with Gasteiger partial charge in [-0.3, -0.25) is 0 Å². The molecule has 0 aromatic heterocycles. The Labute approximate surface area is 131 Å². The normalized spacial score (nSPS) is 26.1. The first kappa shape index (κ1) is 17.2. The van der Waals surface area contributed by atoms with E-state index in [4.69, 9.17) is 4.74 Å². The largest absolute Gasteiger partial charge is 0.381 e. The van der Waals surface area contributed by atoms with Gasteiger partial charge in [0.25, 0.3) is 0 Å². The van der Waals surface area contributed by atoms with E-state index in [9.17, 15) is 0 Å². The fourth-order valence-electron chi connectivity index (χ4n) is 4.25. The summed E-state index contributed by atoms with van der Waals surface area (Å²) in [6.07, 6.45) is 11.0. The number of nitrogens with zero attached hydrogens (tertiary/aromatic N) is 1. The van der Waals surface area contributed by atoms with E-state index >= 15 is 0 Å². The molecule has 1 aliphatic heterocycles. The summed E-state index contributed by atoms with van der Waals surface area (Å²) in [5.74, 6) is 0.757. The van der Waals surface area contributed by atoms with E-state index in [1.165, 1.54) is 77.5 Å². The van der Waals surface area contributed by atoms with Crippen molar-refractivity contribution in [2.24, 2.45) is 11.3 Å². The fourth-order valence-corrected chi connectivity index (χ4v) is 4.25. The predicted molar refractivity (Wildman–Crippen MR) is 89.7 cm³/mol. The Bertz CT molecular complexity index is 270. The molecule has 2 rings (SSSR count). The van der Waals surface area contributed by atoms with E-state index in [0.717, 1.165) is 19.1 Å². The third kappa shape index (κ3) is 5.88. The van der Waals surface area contributed by atoms with E-state index < -0.39 is 0 Å². The van der Waals surface area contributed by atoms with Crippen LogP contribution in [0, 0.1) is 11.3 Å². The quantitative estimate of drug-likeness (QED) is 0.696. The van der Waals surface area contributed by atoms with Gasteiger partial charge < -0.3 is 15.0 Å². The van der Waals surface area contributed by atoms with Gasteiger partial charge in [0.2, 0.25) is 0 Å². The lowest BCUT2D eigenvalue weighted by atomic mass is 9.73. The average molecular weight is 296 g/mol. The van der Waals surface area contributed by atoms with Crippen molar-refractivity contribution in [2.45, 2.75) is 58.3 Å². The molecule has 1 unspecified atom stereocenters. The van der Waals surface area contributed by atoms with E-state index in [0.29, 0.717) is 5.41 Å². The highest BCUT2D eigenvalue weighted by Gasteiger charge is 2.33. The third-order valence-corrected chi connectivity index (χ3v) is 5.27. The molecule has 2 fully saturated rings. The number of ether oxygens (including phenoxy) is 1. The Balaban J connectivity index is 1.81. The summed E-state index contributed by atoms with van der Waals surface area (Å²) >= 11 is 0. The molecule has 1 saturated heterocycles. The maximum absolute atomic E-state index is 5.64. The van der Waals surface area contributed by atoms with Crippen LogP contribution in [0.15, 0.2) is 0 Å². The van der Waals surface area contributed by atoms with Crippen molar-refractivity contribution in [1.29, 1.82) is 0 Å². The first-order chi connectivity index (χ1) is 10.2. The van der Waals surface area contributed by atoms with Crippen molar-refractivity contribution in [3.8, 4) is 0 Å². The van der Waals surface area contributed by atoms with Crippen LogP contribution >= 0.6 is 0 Å². The zero-order chi connectivity index (χ0) is 15.0. The van der Waals surface area contributed by atoms with Crippen LogP contribution in [0.4, 0.5) is 0 Å². The molecule has 0 amide bonds. The zero-order valence-electron chi connectivity index (χ0n) is 14.3. The molecular weight excluding hydrogens is 260 g/mol. The Morgan fingerprint density at radius 3 is 2.67 bits per heavy atom. The fraction of sp³-hybridized carbons (Fsp3) is 1.00. The minimum absolute atomic E-state index is 0.525. The van der Waals surface area contributed by atoms with Gasteiger partial charge in [0, 0.05) is 26.2 Å². The van der Waals surface area contributed by atoms with Crippen LogP contribution in [0.2, 0.25) is 0 Å². The molecule has 1 saturated carbocycles. The summed E-state index contributed by atoms with van der Waals surface area (Å²) in [5.41, 5.74) is 0.525. The van der Waals surface area contributed by atoms with Crippen molar-refractivity contribution in [1.82, 2.24) is 10.2 Å². The highest BCUT2D eigenvalue weighted by molar-refractivity contribution is 4.87. The Hall–Kier alpha value is -0.120. The van der Waals surface area contributed by atoms with Crippen LogP contribution in [0.5, 0.6) is 0 Å². The summed E-state index contributed by atoms with van der Waals surface area (Å²) in [7, 11) is 2.32. The van der Waals surface area contributed by atoms with Crippen molar-refractivity contribution in [2.75, 3.05) is 46.4 Å². The van der Waals surface area contributed by atoms with Gasteiger partial charge in [0.15, 0.2) is 0 Å². The zero-order valence-corrected chi connectivity index (χ0v) is 14.3. The van der Waals surface area contributed by atoms with Gasteiger partial charge in [0.05, 0.1) is 6.61 Å². The van der Waals surface area contributed by atoms with Crippen molar-refractivity contribution in [3.63, 3.8) is 0 Å². The Kier molecular flexibility index (Phi) is 7.48. The summed E-state index contributed by atoms with van der Waals surface area (Å²) in [6.45, 7) is 9.08. The molecule has 0 bridgehead atoms. The van der Waals surface area contributed by atoms with E-state index in [2.05, 4.69) is 24.2 Å². The SMILES string of the molecule is CCCNCC1(CN(C)CC2CCCOC2)CCCCC1. The average Bonchev–Trinajstić information content (AvgIpc) is 2.49. The Morgan fingerprint density at radius 2 is 2.00 bits per heavy atom. The molecule has 0 aromatic carbocycles. The van der Waals surface area contributed by atoms with Gasteiger partial charge in [-0.15, -0.1) is 0 Å². The maximum atomic E-state index is 5.64. The monoisotopic (exact) mass is 296 g/mol. The first-order valence-electron chi connectivity index (χ1n) is 9.21. The topological polar surface area (TPSA) is 24.5 Å². The van der Waals surface area contributed by atoms with Crippen LogP contribution in [0.1, 0.15) is 58.3 Å². The molecule has 2 aliphatic rings. The number of hydrogen-bond acceptors (Lipinski definition) is 3. The van der Waals surface area contributed by atoms with Crippen molar-refractivity contribution < 1.29 is 4.74 Å². The van der Waals surface area contributed by atoms with Crippen LogP contribution < -0.4 is 5.32 Å². The lowest BCUT2D eigenvalue weighted by Gasteiger charge is -2.41. The molecule has 124 valence electrons. The lowest BCUT2D eigenvalue weighted by Crippen LogP contribution is -2.46. The van der Waals surface area contributed by atoms with Crippen molar-refractivity contribution >= 4 is 0 Å². The van der Waals surface area contributed by atoms with Crippen LogP contribution in [-0.2, 0) is 4.74 Å².